The fourth-order valence-corrected chi connectivity index (χ4v) is 2.20. The molecular formula is C15H27ClN4. The highest BCUT2D eigenvalue weighted by atomic mass is 35.5. The summed E-state index contributed by atoms with van der Waals surface area (Å²) in [7, 11) is 6.11. The monoisotopic (exact) mass is 298 g/mol. The van der Waals surface area contributed by atoms with Crippen molar-refractivity contribution in [3.8, 4) is 0 Å². The van der Waals surface area contributed by atoms with Gasteiger partial charge in [0.05, 0.1) is 5.02 Å². The number of nitrogens with one attached hydrogen (secondary N) is 1. The molecule has 1 rings (SSSR count). The molecule has 0 fully saturated rings. The number of halogens is 1. The van der Waals surface area contributed by atoms with Gasteiger partial charge in [-0.1, -0.05) is 25.4 Å². The van der Waals surface area contributed by atoms with E-state index in [1.165, 1.54) is 0 Å². The van der Waals surface area contributed by atoms with E-state index in [1.54, 1.807) is 6.20 Å². The zero-order chi connectivity index (χ0) is 15.1. The number of nitrogens with zero attached hydrogens (tertiary/aromatic N) is 3. The van der Waals surface area contributed by atoms with Crippen LogP contribution >= 0.6 is 11.6 Å². The van der Waals surface area contributed by atoms with E-state index in [4.69, 9.17) is 11.6 Å². The Kier molecular flexibility index (Phi) is 7.27. The van der Waals surface area contributed by atoms with Crippen LogP contribution in [0.4, 0.5) is 5.82 Å². The molecule has 0 unspecified atom stereocenters. The predicted molar refractivity (Wildman–Crippen MR) is 87.6 cm³/mol. The summed E-state index contributed by atoms with van der Waals surface area (Å²) in [6.45, 7) is 8.20. The minimum atomic E-state index is 0.599. The Labute approximate surface area is 128 Å². The lowest BCUT2D eigenvalue weighted by atomic mass is 10.2. The minimum Gasteiger partial charge on any atom is -0.355 e. The molecule has 0 saturated carbocycles. The van der Waals surface area contributed by atoms with Crippen LogP contribution in [0.5, 0.6) is 0 Å². The van der Waals surface area contributed by atoms with Gasteiger partial charge in [-0.05, 0) is 38.7 Å². The summed E-state index contributed by atoms with van der Waals surface area (Å²) in [6, 6.07) is 2.09. The van der Waals surface area contributed by atoms with Gasteiger partial charge in [-0.15, -0.1) is 0 Å². The molecule has 114 valence electrons. The smallest absolute Gasteiger partial charge is 0.128 e. The lowest BCUT2D eigenvalue weighted by Crippen LogP contribution is -2.35. The summed E-state index contributed by atoms with van der Waals surface area (Å²) in [5.41, 5.74) is 1.10. The first-order valence-corrected chi connectivity index (χ1v) is 7.50. The van der Waals surface area contributed by atoms with Crippen LogP contribution in [0.15, 0.2) is 12.3 Å². The van der Waals surface area contributed by atoms with Gasteiger partial charge in [0.15, 0.2) is 0 Å². The standard InChI is InChI=1S/C15H27ClN4/c1-12(2)11-20(7-6-19(4)5)15-8-13(9-17-3)14(16)10-18-15/h8,10,12,17H,6-7,9,11H2,1-5H3. The molecule has 0 saturated heterocycles. The average molecular weight is 299 g/mol. The van der Waals surface area contributed by atoms with Crippen molar-refractivity contribution in [2.75, 3.05) is 45.7 Å². The average Bonchev–Trinajstić information content (AvgIpc) is 2.37. The first-order valence-electron chi connectivity index (χ1n) is 7.12. The topological polar surface area (TPSA) is 31.4 Å². The summed E-state index contributed by atoms with van der Waals surface area (Å²) in [5.74, 6) is 1.61. The lowest BCUT2D eigenvalue weighted by molar-refractivity contribution is 0.408. The number of pyridine rings is 1. The maximum absolute atomic E-state index is 6.18. The maximum Gasteiger partial charge on any atom is 0.128 e. The Morgan fingerprint density at radius 3 is 2.55 bits per heavy atom. The number of hydrogen-bond acceptors (Lipinski definition) is 4. The van der Waals surface area contributed by atoms with E-state index in [2.05, 4.69) is 54.1 Å². The zero-order valence-electron chi connectivity index (χ0n) is 13.3. The highest BCUT2D eigenvalue weighted by Gasteiger charge is 2.12. The Bertz CT molecular complexity index is 407. The Hall–Kier alpha value is -0.840. The molecule has 0 bridgehead atoms. The Morgan fingerprint density at radius 1 is 1.30 bits per heavy atom. The normalized spacial score (nSPS) is 11.4. The highest BCUT2D eigenvalue weighted by molar-refractivity contribution is 6.31. The fraction of sp³-hybridized carbons (Fsp3) is 0.667. The van der Waals surface area contributed by atoms with E-state index in [1.807, 2.05) is 7.05 Å². The van der Waals surface area contributed by atoms with E-state index >= 15 is 0 Å². The van der Waals surface area contributed by atoms with Crippen LogP contribution < -0.4 is 10.2 Å². The molecule has 0 atom stereocenters. The number of hydrogen-bond donors (Lipinski definition) is 1. The number of anilines is 1. The summed E-state index contributed by atoms with van der Waals surface area (Å²) >= 11 is 6.18. The molecule has 0 aliphatic rings. The minimum absolute atomic E-state index is 0.599. The second-order valence-electron chi connectivity index (χ2n) is 5.81. The van der Waals surface area contributed by atoms with E-state index in [9.17, 15) is 0 Å². The SMILES string of the molecule is CNCc1cc(N(CCN(C)C)CC(C)C)ncc1Cl. The molecule has 1 aromatic heterocycles. The summed E-state index contributed by atoms with van der Waals surface area (Å²) in [6.07, 6.45) is 1.76. The van der Waals surface area contributed by atoms with Gasteiger partial charge >= 0.3 is 0 Å². The van der Waals surface area contributed by atoms with Gasteiger partial charge in [-0.2, -0.15) is 0 Å². The summed E-state index contributed by atoms with van der Waals surface area (Å²) in [4.78, 5) is 9.03. The molecule has 4 nitrogen and oxygen atoms in total. The van der Waals surface area contributed by atoms with Gasteiger partial charge in [0.1, 0.15) is 5.82 Å². The maximum atomic E-state index is 6.18. The molecule has 5 heteroatoms. The molecule has 20 heavy (non-hydrogen) atoms. The summed E-state index contributed by atoms with van der Waals surface area (Å²) in [5, 5.41) is 3.87. The van der Waals surface area contributed by atoms with Crippen molar-refractivity contribution in [3.05, 3.63) is 22.8 Å². The zero-order valence-corrected chi connectivity index (χ0v) is 14.0. The molecule has 0 radical (unpaired) electrons. The van der Waals surface area contributed by atoms with Crippen LogP contribution in [0.3, 0.4) is 0 Å². The van der Waals surface area contributed by atoms with E-state index in [0.717, 1.165) is 42.6 Å². The van der Waals surface area contributed by atoms with Gasteiger partial charge in [-0.3, -0.25) is 0 Å². The van der Waals surface area contributed by atoms with Crippen molar-refractivity contribution in [2.45, 2.75) is 20.4 Å². The van der Waals surface area contributed by atoms with Gasteiger partial charge in [0, 0.05) is 32.4 Å². The van der Waals surface area contributed by atoms with Crippen molar-refractivity contribution in [3.63, 3.8) is 0 Å². The third kappa shape index (κ3) is 5.65. The molecule has 0 amide bonds. The third-order valence-corrected chi connectivity index (χ3v) is 3.35. The molecule has 0 aliphatic heterocycles. The molecule has 1 heterocycles. The number of aromatic nitrogens is 1. The fourth-order valence-electron chi connectivity index (χ4n) is 2.03. The van der Waals surface area contributed by atoms with Crippen molar-refractivity contribution in [2.24, 2.45) is 5.92 Å². The molecule has 0 aromatic carbocycles. The molecule has 0 aliphatic carbocycles. The Balaban J connectivity index is 2.90. The van der Waals surface area contributed by atoms with Gasteiger partial charge in [0.2, 0.25) is 0 Å². The van der Waals surface area contributed by atoms with Gasteiger partial charge < -0.3 is 15.1 Å². The number of likely N-dealkylation sites (N-methyl/N-ethyl adjacent to an activating group) is 1. The van der Waals surface area contributed by atoms with E-state index in [-0.39, 0.29) is 0 Å². The second-order valence-corrected chi connectivity index (χ2v) is 6.21. The lowest BCUT2D eigenvalue weighted by Gasteiger charge is -2.27. The predicted octanol–water partition coefficient (Wildman–Crippen LogP) is 2.48. The van der Waals surface area contributed by atoms with E-state index in [0.29, 0.717) is 5.92 Å². The quantitative estimate of drug-likeness (QED) is 0.799. The largest absolute Gasteiger partial charge is 0.355 e. The van der Waals surface area contributed by atoms with E-state index < -0.39 is 0 Å². The third-order valence-electron chi connectivity index (χ3n) is 3.01. The van der Waals surface area contributed by atoms with Crippen LogP contribution in [0, 0.1) is 5.92 Å². The van der Waals surface area contributed by atoms with Crippen LogP contribution in [0.25, 0.3) is 0 Å². The van der Waals surface area contributed by atoms with Crippen LogP contribution in [0.1, 0.15) is 19.4 Å². The van der Waals surface area contributed by atoms with Gasteiger partial charge in [-0.25, -0.2) is 4.98 Å². The molecule has 1 N–H and O–H groups in total. The second kappa shape index (κ2) is 8.45. The molecule has 1 aromatic rings. The Morgan fingerprint density at radius 2 is 2.00 bits per heavy atom. The van der Waals surface area contributed by atoms with Crippen LogP contribution in [-0.2, 0) is 6.54 Å². The van der Waals surface area contributed by atoms with Crippen LogP contribution in [-0.4, -0.2) is 50.7 Å². The van der Waals surface area contributed by atoms with Crippen molar-refractivity contribution in [1.82, 2.24) is 15.2 Å². The van der Waals surface area contributed by atoms with Crippen molar-refractivity contribution >= 4 is 17.4 Å². The van der Waals surface area contributed by atoms with Crippen molar-refractivity contribution in [1.29, 1.82) is 0 Å². The first kappa shape index (κ1) is 17.2. The number of rotatable bonds is 8. The van der Waals surface area contributed by atoms with Gasteiger partial charge in [0.25, 0.3) is 0 Å². The van der Waals surface area contributed by atoms with Crippen molar-refractivity contribution < 1.29 is 0 Å². The van der Waals surface area contributed by atoms with Crippen LogP contribution in [0.2, 0.25) is 5.02 Å². The molecule has 0 spiro atoms. The highest BCUT2D eigenvalue weighted by Crippen LogP contribution is 2.21. The first-order chi connectivity index (χ1) is 9.43. The molecular weight excluding hydrogens is 272 g/mol. The summed E-state index contributed by atoms with van der Waals surface area (Å²) < 4.78 is 0.